The number of benzene rings is 2. The molecule has 3 rings (SSSR count). The number of anilines is 1. The molecule has 162 valence electrons. The SMILES string of the molecule is O=C(Nc1ccc(F)c(F)c1)c1ccc(CF)c(S(=O)(=O)N2CCOCC(O)C2)c1. The summed E-state index contributed by atoms with van der Waals surface area (Å²) >= 11 is 0. The van der Waals surface area contributed by atoms with E-state index in [4.69, 9.17) is 4.74 Å². The van der Waals surface area contributed by atoms with Gasteiger partial charge < -0.3 is 15.2 Å². The summed E-state index contributed by atoms with van der Waals surface area (Å²) in [5, 5.41) is 12.1. The Balaban J connectivity index is 1.92. The van der Waals surface area contributed by atoms with E-state index < -0.39 is 45.2 Å². The molecule has 0 saturated carbocycles. The normalized spacial score (nSPS) is 18.1. The monoisotopic (exact) mass is 444 g/mol. The fraction of sp³-hybridized carbons (Fsp3) is 0.316. The standard InChI is InChI=1S/C19H19F3N2O5S/c20-9-13-2-1-12(19(26)23-14-3-4-16(21)17(22)8-14)7-18(13)30(27,28)24-5-6-29-11-15(25)10-24/h1-4,7-8,15,25H,5-6,9-11H2,(H,23,26). The first-order chi connectivity index (χ1) is 14.2. The molecule has 1 saturated heterocycles. The third-order valence-electron chi connectivity index (χ3n) is 4.48. The van der Waals surface area contributed by atoms with Crippen LogP contribution in [0.1, 0.15) is 15.9 Å². The predicted molar refractivity (Wildman–Crippen MR) is 101 cm³/mol. The number of β-amino-alcohol motifs (C(OH)–C–C–N with tert-alkyl or cyclic N) is 1. The van der Waals surface area contributed by atoms with Crippen molar-refractivity contribution in [3.8, 4) is 0 Å². The molecule has 1 heterocycles. The molecule has 7 nitrogen and oxygen atoms in total. The van der Waals surface area contributed by atoms with E-state index >= 15 is 0 Å². The van der Waals surface area contributed by atoms with Crippen molar-refractivity contribution in [1.82, 2.24) is 4.31 Å². The van der Waals surface area contributed by atoms with Gasteiger partial charge in [0, 0.05) is 36.0 Å². The Labute approximate surface area is 171 Å². The average Bonchev–Trinajstić information content (AvgIpc) is 2.95. The number of aliphatic hydroxyl groups is 1. The van der Waals surface area contributed by atoms with Crippen LogP contribution in [0.2, 0.25) is 0 Å². The fourth-order valence-corrected chi connectivity index (χ4v) is 4.64. The Morgan fingerprint density at radius 3 is 2.67 bits per heavy atom. The highest BCUT2D eigenvalue weighted by Crippen LogP contribution is 2.25. The van der Waals surface area contributed by atoms with E-state index in [2.05, 4.69) is 5.32 Å². The zero-order chi connectivity index (χ0) is 21.9. The largest absolute Gasteiger partial charge is 0.389 e. The zero-order valence-corrected chi connectivity index (χ0v) is 16.5. The first-order valence-electron chi connectivity index (χ1n) is 8.93. The molecule has 1 unspecified atom stereocenters. The van der Waals surface area contributed by atoms with Crippen molar-refractivity contribution in [3.05, 3.63) is 59.2 Å². The van der Waals surface area contributed by atoms with Crippen LogP contribution in [0.25, 0.3) is 0 Å². The van der Waals surface area contributed by atoms with Gasteiger partial charge in [-0.2, -0.15) is 4.31 Å². The minimum Gasteiger partial charge on any atom is -0.389 e. The molecule has 2 N–H and O–H groups in total. The number of nitrogens with zero attached hydrogens (tertiary/aromatic N) is 1. The number of ether oxygens (including phenoxy) is 1. The maximum absolute atomic E-state index is 13.5. The van der Waals surface area contributed by atoms with Gasteiger partial charge in [-0.1, -0.05) is 6.07 Å². The van der Waals surface area contributed by atoms with Gasteiger partial charge in [-0.15, -0.1) is 0 Å². The van der Waals surface area contributed by atoms with Crippen molar-refractivity contribution in [2.24, 2.45) is 0 Å². The third-order valence-corrected chi connectivity index (χ3v) is 6.43. The van der Waals surface area contributed by atoms with Gasteiger partial charge >= 0.3 is 0 Å². The maximum atomic E-state index is 13.5. The van der Waals surface area contributed by atoms with Gasteiger partial charge in [-0.05, 0) is 24.3 Å². The lowest BCUT2D eigenvalue weighted by Crippen LogP contribution is -2.38. The highest BCUT2D eigenvalue weighted by Gasteiger charge is 2.31. The molecule has 0 aromatic heterocycles. The van der Waals surface area contributed by atoms with Crippen LogP contribution in [-0.2, 0) is 21.4 Å². The Kier molecular flexibility index (Phi) is 6.76. The van der Waals surface area contributed by atoms with Crippen LogP contribution in [0.4, 0.5) is 18.9 Å². The number of rotatable bonds is 5. The molecule has 1 amide bonds. The van der Waals surface area contributed by atoms with Crippen LogP contribution in [0.5, 0.6) is 0 Å². The second-order valence-corrected chi connectivity index (χ2v) is 8.54. The van der Waals surface area contributed by atoms with Crippen molar-refractivity contribution < 1.29 is 36.2 Å². The molecule has 0 spiro atoms. The second kappa shape index (κ2) is 9.13. The number of amides is 1. The van der Waals surface area contributed by atoms with Crippen molar-refractivity contribution in [2.45, 2.75) is 17.7 Å². The Morgan fingerprint density at radius 2 is 1.97 bits per heavy atom. The first-order valence-corrected chi connectivity index (χ1v) is 10.4. The lowest BCUT2D eigenvalue weighted by molar-refractivity contribution is 0.0583. The lowest BCUT2D eigenvalue weighted by Gasteiger charge is -2.22. The van der Waals surface area contributed by atoms with E-state index in [-0.39, 0.29) is 43.1 Å². The summed E-state index contributed by atoms with van der Waals surface area (Å²) in [5.74, 6) is -3.04. The first kappa shape index (κ1) is 22.2. The van der Waals surface area contributed by atoms with E-state index in [0.717, 1.165) is 34.6 Å². The summed E-state index contributed by atoms with van der Waals surface area (Å²) < 4.78 is 72.0. The van der Waals surface area contributed by atoms with Crippen LogP contribution >= 0.6 is 0 Å². The van der Waals surface area contributed by atoms with E-state index in [1.54, 1.807) is 0 Å². The fourth-order valence-electron chi connectivity index (χ4n) is 2.95. The Morgan fingerprint density at radius 1 is 1.20 bits per heavy atom. The number of aliphatic hydroxyl groups excluding tert-OH is 1. The smallest absolute Gasteiger partial charge is 0.255 e. The molecule has 0 radical (unpaired) electrons. The summed E-state index contributed by atoms with van der Waals surface area (Å²) in [7, 11) is -4.24. The minimum atomic E-state index is -4.24. The van der Waals surface area contributed by atoms with Gasteiger partial charge in [0.15, 0.2) is 11.6 Å². The van der Waals surface area contributed by atoms with Crippen LogP contribution < -0.4 is 5.32 Å². The number of alkyl halides is 1. The molecule has 30 heavy (non-hydrogen) atoms. The van der Waals surface area contributed by atoms with Gasteiger partial charge in [0.25, 0.3) is 5.91 Å². The van der Waals surface area contributed by atoms with E-state index in [1.165, 1.54) is 6.07 Å². The average molecular weight is 444 g/mol. The number of hydrogen-bond acceptors (Lipinski definition) is 5. The number of sulfonamides is 1. The number of halogens is 3. The van der Waals surface area contributed by atoms with Crippen molar-refractivity contribution in [2.75, 3.05) is 31.6 Å². The Hall–Kier alpha value is -2.47. The van der Waals surface area contributed by atoms with Crippen LogP contribution in [0, 0.1) is 11.6 Å². The number of nitrogens with one attached hydrogen (secondary N) is 1. The van der Waals surface area contributed by atoms with Gasteiger partial charge in [-0.3, -0.25) is 4.79 Å². The summed E-state index contributed by atoms with van der Waals surface area (Å²) in [4.78, 5) is 12.1. The highest BCUT2D eigenvalue weighted by atomic mass is 32.2. The molecule has 2 aromatic carbocycles. The van der Waals surface area contributed by atoms with Crippen LogP contribution in [-0.4, -0.2) is 56.1 Å². The molecule has 1 aliphatic rings. The van der Waals surface area contributed by atoms with Gasteiger partial charge in [0.1, 0.15) is 6.67 Å². The van der Waals surface area contributed by atoms with E-state index in [0.29, 0.717) is 0 Å². The highest BCUT2D eigenvalue weighted by molar-refractivity contribution is 7.89. The number of carbonyl (C=O) groups excluding carboxylic acids is 1. The van der Waals surface area contributed by atoms with Crippen molar-refractivity contribution in [3.63, 3.8) is 0 Å². The van der Waals surface area contributed by atoms with Crippen LogP contribution in [0.3, 0.4) is 0 Å². The topological polar surface area (TPSA) is 95.9 Å². The number of hydrogen-bond donors (Lipinski definition) is 2. The third kappa shape index (κ3) is 4.81. The van der Waals surface area contributed by atoms with Gasteiger partial charge in [0.05, 0.1) is 24.2 Å². The summed E-state index contributed by atoms with van der Waals surface area (Å²) in [6.45, 7) is -1.35. The van der Waals surface area contributed by atoms with E-state index in [9.17, 15) is 31.5 Å². The van der Waals surface area contributed by atoms with Gasteiger partial charge in [0.2, 0.25) is 10.0 Å². The molecule has 0 aliphatic carbocycles. The molecular weight excluding hydrogens is 425 g/mol. The summed E-state index contributed by atoms with van der Waals surface area (Å²) in [5.41, 5.74) is -0.313. The summed E-state index contributed by atoms with van der Waals surface area (Å²) in [6.07, 6.45) is -1.05. The minimum absolute atomic E-state index is 0.0291. The molecule has 2 aromatic rings. The number of carbonyl (C=O) groups is 1. The van der Waals surface area contributed by atoms with Crippen LogP contribution in [0.15, 0.2) is 41.3 Å². The maximum Gasteiger partial charge on any atom is 0.255 e. The predicted octanol–water partition coefficient (Wildman–Crippen LogP) is 2.07. The Bertz CT molecular complexity index is 1050. The summed E-state index contributed by atoms with van der Waals surface area (Å²) in [6, 6.07) is 6.15. The molecule has 11 heteroatoms. The molecular formula is C19H19F3N2O5S. The lowest BCUT2D eigenvalue weighted by atomic mass is 10.1. The molecule has 1 fully saturated rings. The molecule has 1 aliphatic heterocycles. The van der Waals surface area contributed by atoms with E-state index in [1.807, 2.05) is 0 Å². The zero-order valence-electron chi connectivity index (χ0n) is 15.6. The van der Waals surface area contributed by atoms with Gasteiger partial charge in [-0.25, -0.2) is 21.6 Å². The molecule has 0 bridgehead atoms. The molecule has 1 atom stereocenters. The quantitative estimate of drug-likeness (QED) is 0.736. The second-order valence-electron chi connectivity index (χ2n) is 6.63. The van der Waals surface area contributed by atoms with Crippen molar-refractivity contribution in [1.29, 1.82) is 0 Å². The van der Waals surface area contributed by atoms with Crippen molar-refractivity contribution >= 4 is 21.6 Å².